The number of rotatable bonds is 11. The van der Waals surface area contributed by atoms with Crippen LogP contribution in [0, 0.1) is 0 Å². The zero-order chi connectivity index (χ0) is 26.2. The van der Waals surface area contributed by atoms with E-state index in [0.29, 0.717) is 34.5 Å². The molecule has 1 saturated heterocycles. The fourth-order valence-corrected chi connectivity index (χ4v) is 3.99. The zero-order valence-corrected chi connectivity index (χ0v) is 21.1. The first kappa shape index (κ1) is 26.0. The van der Waals surface area contributed by atoms with Gasteiger partial charge in [0.25, 0.3) is 0 Å². The standard InChI is InChI=1S/C28H30O9/c1-18(29)34-28-27(36-24-16-10-7-13-21(24)32-4)26(35-23-15-9-6-12-20(23)31-3)25(37-28)17-33-22-14-8-5-11-19(22)30-2/h5-16,25-28H,17H2,1-4H3/t25?,26-,27-,28-/m1/s1. The number of methoxy groups -OCH3 is 3. The Morgan fingerprint density at radius 1 is 0.676 bits per heavy atom. The molecule has 0 saturated carbocycles. The summed E-state index contributed by atoms with van der Waals surface area (Å²) in [6.45, 7) is 1.36. The molecule has 1 aliphatic rings. The Kier molecular flexibility index (Phi) is 8.58. The van der Waals surface area contributed by atoms with E-state index in [1.807, 2.05) is 36.4 Å². The van der Waals surface area contributed by atoms with Crippen LogP contribution in [-0.4, -0.2) is 58.5 Å². The van der Waals surface area contributed by atoms with Crippen LogP contribution in [0.3, 0.4) is 0 Å². The molecule has 9 heteroatoms. The van der Waals surface area contributed by atoms with Crippen molar-refractivity contribution >= 4 is 5.97 Å². The molecule has 4 rings (SSSR count). The quantitative estimate of drug-likeness (QED) is 0.351. The first-order chi connectivity index (χ1) is 18.0. The third-order valence-corrected chi connectivity index (χ3v) is 5.69. The molecule has 0 amide bonds. The van der Waals surface area contributed by atoms with Crippen molar-refractivity contribution in [1.29, 1.82) is 0 Å². The highest BCUT2D eigenvalue weighted by Gasteiger charge is 2.51. The summed E-state index contributed by atoms with van der Waals surface area (Å²) in [5.74, 6) is 2.52. The Hall–Kier alpha value is -4.11. The van der Waals surface area contributed by atoms with E-state index in [-0.39, 0.29) is 6.61 Å². The second kappa shape index (κ2) is 12.2. The SMILES string of the molecule is COc1ccccc1OCC1O[C@@H](OC(C)=O)[C@H](Oc2ccccc2OC)[C@@H]1Oc1ccccc1OC. The number of benzene rings is 3. The Balaban J connectivity index is 1.67. The monoisotopic (exact) mass is 510 g/mol. The minimum atomic E-state index is -1.08. The summed E-state index contributed by atoms with van der Waals surface area (Å²) in [5, 5.41) is 0. The first-order valence-electron chi connectivity index (χ1n) is 11.7. The third-order valence-electron chi connectivity index (χ3n) is 5.69. The van der Waals surface area contributed by atoms with Crippen molar-refractivity contribution in [2.45, 2.75) is 31.5 Å². The van der Waals surface area contributed by atoms with E-state index in [4.69, 9.17) is 37.9 Å². The van der Waals surface area contributed by atoms with E-state index in [1.54, 1.807) is 57.7 Å². The van der Waals surface area contributed by atoms with Crippen molar-refractivity contribution in [3.63, 3.8) is 0 Å². The van der Waals surface area contributed by atoms with E-state index in [1.165, 1.54) is 6.92 Å². The second-order valence-electron chi connectivity index (χ2n) is 8.08. The molecule has 0 spiro atoms. The molecule has 1 fully saturated rings. The van der Waals surface area contributed by atoms with E-state index in [2.05, 4.69) is 0 Å². The van der Waals surface area contributed by atoms with E-state index >= 15 is 0 Å². The van der Waals surface area contributed by atoms with Crippen molar-refractivity contribution < 1.29 is 42.7 Å². The van der Waals surface area contributed by atoms with Gasteiger partial charge in [0, 0.05) is 6.92 Å². The average molecular weight is 511 g/mol. The lowest BCUT2D eigenvalue weighted by Crippen LogP contribution is -2.44. The Morgan fingerprint density at radius 3 is 1.59 bits per heavy atom. The molecule has 0 aromatic heterocycles. The zero-order valence-electron chi connectivity index (χ0n) is 21.1. The van der Waals surface area contributed by atoms with Crippen LogP contribution in [0.25, 0.3) is 0 Å². The molecule has 0 radical (unpaired) electrons. The predicted octanol–water partition coefficient (Wildman–Crippen LogP) is 4.27. The third kappa shape index (κ3) is 6.18. The predicted molar refractivity (Wildman–Crippen MR) is 134 cm³/mol. The lowest BCUT2D eigenvalue weighted by molar-refractivity contribution is -0.184. The van der Waals surface area contributed by atoms with Crippen LogP contribution in [0.2, 0.25) is 0 Å². The van der Waals surface area contributed by atoms with E-state index in [0.717, 1.165) is 0 Å². The fraction of sp³-hybridized carbons (Fsp3) is 0.321. The van der Waals surface area contributed by atoms with Gasteiger partial charge in [-0.3, -0.25) is 4.79 Å². The van der Waals surface area contributed by atoms with Crippen LogP contribution in [0.1, 0.15) is 6.92 Å². The molecule has 37 heavy (non-hydrogen) atoms. The van der Waals surface area contributed by atoms with Crippen LogP contribution in [0.15, 0.2) is 72.8 Å². The number of carbonyl (C=O) groups is 1. The molecule has 0 aliphatic carbocycles. The smallest absolute Gasteiger partial charge is 0.305 e. The minimum absolute atomic E-state index is 0.0593. The van der Waals surface area contributed by atoms with Gasteiger partial charge in [0.2, 0.25) is 12.4 Å². The van der Waals surface area contributed by atoms with Crippen LogP contribution < -0.4 is 28.4 Å². The molecule has 4 atom stereocenters. The maximum Gasteiger partial charge on any atom is 0.305 e. The Morgan fingerprint density at radius 2 is 1.11 bits per heavy atom. The molecule has 3 aromatic carbocycles. The van der Waals surface area contributed by atoms with E-state index in [9.17, 15) is 4.79 Å². The molecule has 0 N–H and O–H groups in total. The minimum Gasteiger partial charge on any atom is -0.493 e. The number of hydrogen-bond acceptors (Lipinski definition) is 9. The summed E-state index contributed by atoms with van der Waals surface area (Å²) in [6.07, 6.45) is -3.40. The van der Waals surface area contributed by atoms with Crippen LogP contribution in [0.4, 0.5) is 0 Å². The lowest BCUT2D eigenvalue weighted by atomic mass is 10.1. The van der Waals surface area contributed by atoms with Crippen LogP contribution >= 0.6 is 0 Å². The molecule has 9 nitrogen and oxygen atoms in total. The van der Waals surface area contributed by atoms with Gasteiger partial charge in [0.05, 0.1) is 21.3 Å². The molecule has 0 bridgehead atoms. The van der Waals surface area contributed by atoms with Crippen molar-refractivity contribution in [1.82, 2.24) is 0 Å². The van der Waals surface area contributed by atoms with E-state index < -0.39 is 30.6 Å². The van der Waals surface area contributed by atoms with Crippen LogP contribution in [-0.2, 0) is 14.3 Å². The number of hydrogen-bond donors (Lipinski definition) is 0. The molecule has 1 unspecified atom stereocenters. The second-order valence-corrected chi connectivity index (χ2v) is 8.08. The highest BCUT2D eigenvalue weighted by atomic mass is 16.7. The number of carbonyl (C=O) groups excluding carboxylic acids is 1. The largest absolute Gasteiger partial charge is 0.493 e. The molecule has 196 valence electrons. The Bertz CT molecular complexity index is 1180. The van der Waals surface area contributed by atoms with Gasteiger partial charge in [-0.1, -0.05) is 36.4 Å². The highest BCUT2D eigenvalue weighted by molar-refractivity contribution is 5.66. The summed E-state index contributed by atoms with van der Waals surface area (Å²) < 4.78 is 46.7. The number of ether oxygens (including phenoxy) is 8. The molecule has 1 aliphatic heterocycles. The van der Waals surface area contributed by atoms with Crippen LogP contribution in [0.5, 0.6) is 34.5 Å². The van der Waals surface area contributed by atoms with Crippen molar-refractivity contribution in [2.75, 3.05) is 27.9 Å². The Labute approximate surface area is 215 Å². The summed E-state index contributed by atoms with van der Waals surface area (Å²) in [4.78, 5) is 12.0. The molecule has 1 heterocycles. The maximum atomic E-state index is 12.0. The number of para-hydroxylation sites is 6. The van der Waals surface area contributed by atoms with Crippen molar-refractivity contribution in [2.24, 2.45) is 0 Å². The summed E-state index contributed by atoms with van der Waals surface area (Å²) >= 11 is 0. The summed E-state index contributed by atoms with van der Waals surface area (Å²) in [5.41, 5.74) is 0. The van der Waals surface area contributed by atoms with Gasteiger partial charge in [0.15, 0.2) is 40.6 Å². The first-order valence-corrected chi connectivity index (χ1v) is 11.7. The molecule has 3 aromatic rings. The van der Waals surface area contributed by atoms with Gasteiger partial charge >= 0.3 is 5.97 Å². The van der Waals surface area contributed by atoms with Crippen molar-refractivity contribution in [3.05, 3.63) is 72.8 Å². The van der Waals surface area contributed by atoms with Gasteiger partial charge in [-0.05, 0) is 36.4 Å². The van der Waals surface area contributed by atoms with Gasteiger partial charge < -0.3 is 37.9 Å². The molecular weight excluding hydrogens is 480 g/mol. The van der Waals surface area contributed by atoms with Crippen molar-refractivity contribution in [3.8, 4) is 34.5 Å². The summed E-state index contributed by atoms with van der Waals surface area (Å²) in [7, 11) is 4.67. The number of esters is 1. The molecular formula is C28H30O9. The van der Waals surface area contributed by atoms with Gasteiger partial charge in [-0.15, -0.1) is 0 Å². The lowest BCUT2D eigenvalue weighted by Gasteiger charge is -2.26. The average Bonchev–Trinajstić information content (AvgIpc) is 3.22. The normalized spacial score (nSPS) is 20.5. The van der Waals surface area contributed by atoms with Gasteiger partial charge in [-0.25, -0.2) is 0 Å². The topological polar surface area (TPSA) is 90.9 Å². The highest BCUT2D eigenvalue weighted by Crippen LogP contribution is 2.37. The summed E-state index contributed by atoms with van der Waals surface area (Å²) in [6, 6.07) is 21.6. The van der Waals surface area contributed by atoms with Gasteiger partial charge in [0.1, 0.15) is 12.7 Å². The van der Waals surface area contributed by atoms with Gasteiger partial charge in [-0.2, -0.15) is 0 Å². The maximum absolute atomic E-state index is 12.0. The fourth-order valence-electron chi connectivity index (χ4n) is 3.99.